The fourth-order valence-electron chi connectivity index (χ4n) is 2.87. The quantitative estimate of drug-likeness (QED) is 0.546. The van der Waals surface area contributed by atoms with E-state index >= 15 is 0 Å². The maximum atomic E-state index is 13.9. The van der Waals surface area contributed by atoms with Gasteiger partial charge in [0, 0.05) is 25.3 Å². The molecule has 9 nitrogen and oxygen atoms in total. The fourth-order valence-corrected chi connectivity index (χ4v) is 2.87. The van der Waals surface area contributed by atoms with E-state index in [-0.39, 0.29) is 29.5 Å². The van der Waals surface area contributed by atoms with Gasteiger partial charge >= 0.3 is 0 Å². The zero-order chi connectivity index (χ0) is 21.7. The van der Waals surface area contributed by atoms with Crippen molar-refractivity contribution in [2.45, 2.75) is 20.4 Å². The highest BCUT2D eigenvalue weighted by molar-refractivity contribution is 6.03. The van der Waals surface area contributed by atoms with Gasteiger partial charge in [-0.2, -0.15) is 5.10 Å². The van der Waals surface area contributed by atoms with E-state index in [1.165, 1.54) is 16.8 Å². The van der Waals surface area contributed by atoms with Gasteiger partial charge in [-0.25, -0.2) is 4.39 Å². The van der Waals surface area contributed by atoms with E-state index in [1.54, 1.807) is 39.2 Å². The van der Waals surface area contributed by atoms with E-state index in [1.807, 2.05) is 0 Å². The Morgan fingerprint density at radius 1 is 1.27 bits per heavy atom. The van der Waals surface area contributed by atoms with Crippen molar-refractivity contribution in [1.82, 2.24) is 20.3 Å². The molecule has 2 N–H and O–H groups in total. The van der Waals surface area contributed by atoms with Gasteiger partial charge in [0.15, 0.2) is 0 Å². The Kier molecular flexibility index (Phi) is 6.58. The Balaban J connectivity index is 1.71. The molecule has 0 atom stereocenters. The van der Waals surface area contributed by atoms with Crippen molar-refractivity contribution in [2.75, 3.05) is 25.6 Å². The largest absolute Gasteiger partial charge is 0.383 e. The molecule has 0 aliphatic rings. The monoisotopic (exact) mass is 415 g/mol. The van der Waals surface area contributed by atoms with E-state index < -0.39 is 11.7 Å². The van der Waals surface area contributed by atoms with Crippen LogP contribution in [0.15, 0.2) is 34.9 Å². The summed E-state index contributed by atoms with van der Waals surface area (Å²) in [6, 6.07) is 7.44. The number of hydrogen-bond acceptors (Lipinski definition) is 6. The van der Waals surface area contributed by atoms with Gasteiger partial charge in [-0.3, -0.25) is 14.3 Å². The highest BCUT2D eigenvalue weighted by Gasteiger charge is 2.20. The lowest BCUT2D eigenvalue weighted by Crippen LogP contribution is -2.31. The molecule has 0 saturated carbocycles. The number of methoxy groups -OCH3 is 1. The van der Waals surface area contributed by atoms with E-state index in [2.05, 4.69) is 20.9 Å². The summed E-state index contributed by atoms with van der Waals surface area (Å²) in [5.74, 6) is -1.31. The second kappa shape index (κ2) is 9.31. The number of carbonyl (C=O) groups is 2. The number of aromatic nitrogens is 3. The first-order valence-corrected chi connectivity index (χ1v) is 9.23. The third-order valence-corrected chi connectivity index (χ3v) is 4.43. The fraction of sp³-hybridized carbons (Fsp3) is 0.300. The molecule has 0 aliphatic carbocycles. The first kappa shape index (κ1) is 21.2. The first-order chi connectivity index (χ1) is 14.4. The molecule has 0 spiro atoms. The third kappa shape index (κ3) is 4.71. The van der Waals surface area contributed by atoms with Crippen LogP contribution in [0.2, 0.25) is 0 Å². The number of amides is 2. The number of carbonyl (C=O) groups excluding carboxylic acids is 2. The van der Waals surface area contributed by atoms with Crippen molar-refractivity contribution in [3.05, 3.63) is 53.3 Å². The van der Waals surface area contributed by atoms with E-state index in [4.69, 9.17) is 9.26 Å². The molecule has 0 saturated heterocycles. The molecular weight excluding hydrogens is 393 g/mol. The molecule has 0 aliphatic heterocycles. The predicted octanol–water partition coefficient (Wildman–Crippen LogP) is 2.31. The topological polar surface area (TPSA) is 111 Å². The van der Waals surface area contributed by atoms with Gasteiger partial charge in [-0.15, -0.1) is 0 Å². The third-order valence-electron chi connectivity index (χ3n) is 4.43. The molecule has 0 fully saturated rings. The second-order valence-electron chi connectivity index (χ2n) is 6.56. The van der Waals surface area contributed by atoms with Crippen molar-refractivity contribution in [3.8, 4) is 11.3 Å². The van der Waals surface area contributed by atoms with Crippen LogP contribution in [0, 0.1) is 19.7 Å². The van der Waals surface area contributed by atoms with Crippen LogP contribution in [0.4, 0.5) is 10.1 Å². The number of hydrogen-bond donors (Lipinski definition) is 2. The van der Waals surface area contributed by atoms with Gasteiger partial charge in [0.1, 0.15) is 18.1 Å². The number of ether oxygens (including phenoxy) is 1. The minimum absolute atomic E-state index is 0.00595. The zero-order valence-electron chi connectivity index (χ0n) is 16.9. The van der Waals surface area contributed by atoms with Crippen LogP contribution in [0.1, 0.15) is 21.9 Å². The lowest BCUT2D eigenvalue weighted by Gasteiger charge is -2.07. The van der Waals surface area contributed by atoms with Crippen molar-refractivity contribution < 1.29 is 23.2 Å². The molecule has 3 rings (SSSR count). The highest BCUT2D eigenvalue weighted by Crippen LogP contribution is 2.24. The Labute approximate surface area is 172 Å². The lowest BCUT2D eigenvalue weighted by atomic mass is 10.1. The van der Waals surface area contributed by atoms with Crippen LogP contribution in [-0.2, 0) is 16.1 Å². The zero-order valence-corrected chi connectivity index (χ0v) is 16.9. The summed E-state index contributed by atoms with van der Waals surface area (Å²) in [4.78, 5) is 24.6. The average Bonchev–Trinajstić information content (AvgIpc) is 3.30. The Bertz CT molecular complexity index is 1060. The molecule has 2 amide bonds. The van der Waals surface area contributed by atoms with E-state index in [0.717, 1.165) is 0 Å². The molecule has 0 radical (unpaired) electrons. The summed E-state index contributed by atoms with van der Waals surface area (Å²) >= 11 is 0. The normalized spacial score (nSPS) is 10.8. The average molecular weight is 415 g/mol. The minimum atomic E-state index is -0.555. The smallest absolute Gasteiger partial charge is 0.294 e. The summed E-state index contributed by atoms with van der Waals surface area (Å²) in [6.45, 7) is 4.27. The summed E-state index contributed by atoms with van der Waals surface area (Å²) in [7, 11) is 1.55. The number of halogens is 1. The number of aryl methyl sites for hydroxylation is 1. The number of rotatable bonds is 8. The molecule has 0 unspecified atom stereocenters. The van der Waals surface area contributed by atoms with Crippen molar-refractivity contribution in [1.29, 1.82) is 0 Å². The van der Waals surface area contributed by atoms with Gasteiger partial charge in [-0.1, -0.05) is 17.3 Å². The maximum Gasteiger partial charge on any atom is 0.294 e. The number of nitrogens with zero attached hydrogens (tertiary/aromatic N) is 3. The maximum absolute atomic E-state index is 13.9. The highest BCUT2D eigenvalue weighted by atomic mass is 19.1. The number of nitrogens with one attached hydrogen (secondary N) is 2. The van der Waals surface area contributed by atoms with Crippen molar-refractivity contribution in [2.24, 2.45) is 0 Å². The molecule has 1 aromatic carbocycles. The van der Waals surface area contributed by atoms with Crippen LogP contribution >= 0.6 is 0 Å². The summed E-state index contributed by atoms with van der Waals surface area (Å²) in [6.07, 6.45) is 0. The standard InChI is InChI=1S/C20H22FN5O4/c1-12-19(13(2)26(24-12)11-18(27)22-8-9-29-3)23-20(28)17-10-16(25-30-17)14-6-4-5-7-15(14)21/h4-7,10H,8-9,11H2,1-3H3,(H,22,27)(H,23,28). The molecule has 2 heterocycles. The summed E-state index contributed by atoms with van der Waals surface area (Å²) in [5, 5.41) is 13.5. The van der Waals surface area contributed by atoms with E-state index in [0.29, 0.717) is 30.2 Å². The minimum Gasteiger partial charge on any atom is -0.383 e. The Morgan fingerprint density at radius 2 is 2.03 bits per heavy atom. The molecular formula is C20H22FN5O4. The number of benzene rings is 1. The van der Waals surface area contributed by atoms with Crippen LogP contribution < -0.4 is 10.6 Å². The Hall–Kier alpha value is -3.53. The van der Waals surface area contributed by atoms with Crippen molar-refractivity contribution in [3.63, 3.8) is 0 Å². The van der Waals surface area contributed by atoms with E-state index in [9.17, 15) is 14.0 Å². The molecule has 158 valence electrons. The molecule has 0 bridgehead atoms. The Morgan fingerprint density at radius 3 is 2.77 bits per heavy atom. The predicted molar refractivity (Wildman–Crippen MR) is 106 cm³/mol. The van der Waals surface area contributed by atoms with Crippen molar-refractivity contribution >= 4 is 17.5 Å². The van der Waals surface area contributed by atoms with Gasteiger partial charge in [-0.05, 0) is 26.0 Å². The summed E-state index contributed by atoms with van der Waals surface area (Å²) < 4.78 is 25.4. The van der Waals surface area contributed by atoms with Gasteiger partial charge in [0.25, 0.3) is 5.91 Å². The lowest BCUT2D eigenvalue weighted by molar-refractivity contribution is -0.122. The molecule has 3 aromatic rings. The second-order valence-corrected chi connectivity index (χ2v) is 6.56. The van der Waals surface area contributed by atoms with Crippen LogP contribution in [0.25, 0.3) is 11.3 Å². The van der Waals surface area contributed by atoms with Crippen LogP contribution in [0.3, 0.4) is 0 Å². The van der Waals surface area contributed by atoms with Crippen LogP contribution in [0.5, 0.6) is 0 Å². The number of anilines is 1. The van der Waals surface area contributed by atoms with Gasteiger partial charge in [0.05, 0.1) is 23.7 Å². The molecule has 2 aromatic heterocycles. The SMILES string of the molecule is COCCNC(=O)Cn1nc(C)c(NC(=O)c2cc(-c3ccccc3F)no2)c1C. The van der Waals surface area contributed by atoms with Crippen LogP contribution in [-0.4, -0.2) is 47.0 Å². The van der Waals surface area contributed by atoms with Gasteiger partial charge in [0.2, 0.25) is 11.7 Å². The molecule has 30 heavy (non-hydrogen) atoms. The van der Waals surface area contributed by atoms with Gasteiger partial charge < -0.3 is 19.9 Å². The molecule has 10 heteroatoms. The summed E-state index contributed by atoms with van der Waals surface area (Å²) in [5.41, 5.74) is 2.07. The first-order valence-electron chi connectivity index (χ1n) is 9.23.